The van der Waals surface area contributed by atoms with Gasteiger partial charge < -0.3 is 4.74 Å². The number of rotatable bonds is 6. The minimum Gasteiger partial charge on any atom is -0.462 e. The number of cyclic esters (lactones) is 1. The standard InChI is InChI=1S/C12H18O2/c1-2-3-4-5-6-7-8-9-11-10-12(13)14-11/h3-4,6-7,11H,2,5,8-10H2,1H3. The van der Waals surface area contributed by atoms with Crippen LogP contribution in [-0.4, -0.2) is 12.1 Å². The molecule has 1 unspecified atom stereocenters. The van der Waals surface area contributed by atoms with Gasteiger partial charge in [0.25, 0.3) is 0 Å². The lowest BCUT2D eigenvalue weighted by Gasteiger charge is -2.24. The fourth-order valence-electron chi connectivity index (χ4n) is 1.36. The molecule has 0 aromatic rings. The van der Waals surface area contributed by atoms with E-state index < -0.39 is 0 Å². The predicted molar refractivity (Wildman–Crippen MR) is 56.9 cm³/mol. The smallest absolute Gasteiger partial charge is 0.309 e. The van der Waals surface area contributed by atoms with Crippen molar-refractivity contribution in [1.29, 1.82) is 0 Å². The number of carbonyl (C=O) groups excluding carboxylic acids is 1. The lowest BCUT2D eigenvalue weighted by molar-refractivity contribution is -0.169. The molecule has 2 nitrogen and oxygen atoms in total. The average Bonchev–Trinajstić information content (AvgIpc) is 2.13. The molecule has 1 atom stereocenters. The number of esters is 1. The molecule has 1 fully saturated rings. The Morgan fingerprint density at radius 3 is 2.71 bits per heavy atom. The summed E-state index contributed by atoms with van der Waals surface area (Å²) in [4.78, 5) is 10.5. The van der Waals surface area contributed by atoms with Crippen LogP contribution in [0, 0.1) is 0 Å². The van der Waals surface area contributed by atoms with Gasteiger partial charge in [-0.15, -0.1) is 0 Å². The fraction of sp³-hybridized carbons (Fsp3) is 0.583. The molecule has 1 aliphatic heterocycles. The van der Waals surface area contributed by atoms with E-state index in [1.165, 1.54) is 0 Å². The van der Waals surface area contributed by atoms with Crippen LogP contribution in [0.4, 0.5) is 0 Å². The summed E-state index contributed by atoms with van der Waals surface area (Å²) in [6.45, 7) is 2.13. The van der Waals surface area contributed by atoms with Gasteiger partial charge in [0.2, 0.25) is 0 Å². The molecule has 0 aromatic carbocycles. The van der Waals surface area contributed by atoms with Gasteiger partial charge in [0, 0.05) is 0 Å². The van der Waals surface area contributed by atoms with Gasteiger partial charge in [0.1, 0.15) is 6.10 Å². The van der Waals surface area contributed by atoms with Crippen molar-refractivity contribution in [3.8, 4) is 0 Å². The molecule has 0 N–H and O–H groups in total. The van der Waals surface area contributed by atoms with E-state index in [1.807, 2.05) is 0 Å². The number of allylic oxidation sites excluding steroid dienone is 4. The van der Waals surface area contributed by atoms with E-state index in [0.29, 0.717) is 6.42 Å². The van der Waals surface area contributed by atoms with Crippen molar-refractivity contribution in [1.82, 2.24) is 0 Å². The van der Waals surface area contributed by atoms with Crippen molar-refractivity contribution in [3.05, 3.63) is 24.3 Å². The maximum absolute atomic E-state index is 10.5. The van der Waals surface area contributed by atoms with Crippen LogP contribution in [-0.2, 0) is 9.53 Å². The van der Waals surface area contributed by atoms with E-state index in [-0.39, 0.29) is 12.1 Å². The molecule has 2 heteroatoms. The van der Waals surface area contributed by atoms with Crippen molar-refractivity contribution in [2.45, 2.75) is 45.1 Å². The van der Waals surface area contributed by atoms with Gasteiger partial charge in [-0.2, -0.15) is 0 Å². The number of carbonyl (C=O) groups is 1. The highest BCUT2D eigenvalue weighted by molar-refractivity contribution is 5.75. The molecule has 14 heavy (non-hydrogen) atoms. The Labute approximate surface area is 85.6 Å². The lowest BCUT2D eigenvalue weighted by atomic mass is 10.1. The van der Waals surface area contributed by atoms with E-state index in [1.54, 1.807) is 0 Å². The second kappa shape index (κ2) is 6.41. The van der Waals surface area contributed by atoms with Gasteiger partial charge in [-0.05, 0) is 25.7 Å². The summed E-state index contributed by atoms with van der Waals surface area (Å²) >= 11 is 0. The van der Waals surface area contributed by atoms with E-state index >= 15 is 0 Å². The van der Waals surface area contributed by atoms with Crippen LogP contribution in [0.2, 0.25) is 0 Å². The van der Waals surface area contributed by atoms with Gasteiger partial charge >= 0.3 is 5.97 Å². The Hall–Kier alpha value is -1.05. The Bertz CT molecular complexity index is 220. The molecule has 0 bridgehead atoms. The van der Waals surface area contributed by atoms with Gasteiger partial charge in [-0.3, -0.25) is 4.79 Å². The van der Waals surface area contributed by atoms with Gasteiger partial charge in [-0.1, -0.05) is 31.2 Å². The van der Waals surface area contributed by atoms with Gasteiger partial charge in [0.15, 0.2) is 0 Å². The second-order valence-electron chi connectivity index (χ2n) is 3.48. The quantitative estimate of drug-likeness (QED) is 0.480. The lowest BCUT2D eigenvalue weighted by Crippen LogP contribution is -2.32. The van der Waals surface area contributed by atoms with Crippen molar-refractivity contribution in [3.63, 3.8) is 0 Å². The Morgan fingerprint density at radius 1 is 1.36 bits per heavy atom. The predicted octanol–water partition coefficient (Wildman–Crippen LogP) is 2.99. The number of hydrogen-bond acceptors (Lipinski definition) is 2. The third-order valence-corrected chi connectivity index (χ3v) is 2.19. The van der Waals surface area contributed by atoms with Crippen molar-refractivity contribution < 1.29 is 9.53 Å². The first-order valence-corrected chi connectivity index (χ1v) is 5.32. The van der Waals surface area contributed by atoms with E-state index in [4.69, 9.17) is 4.74 Å². The Balaban J connectivity index is 1.93. The van der Waals surface area contributed by atoms with Crippen LogP contribution in [0.5, 0.6) is 0 Å². The van der Waals surface area contributed by atoms with Crippen LogP contribution in [0.1, 0.15) is 39.0 Å². The molecular weight excluding hydrogens is 176 g/mol. The highest BCUT2D eigenvalue weighted by atomic mass is 16.6. The summed E-state index contributed by atoms with van der Waals surface area (Å²) in [7, 11) is 0. The number of ether oxygens (including phenoxy) is 1. The van der Waals surface area contributed by atoms with Crippen LogP contribution >= 0.6 is 0 Å². The second-order valence-corrected chi connectivity index (χ2v) is 3.48. The molecule has 0 aliphatic carbocycles. The minimum atomic E-state index is -0.0511. The minimum absolute atomic E-state index is 0.0511. The molecule has 1 aliphatic rings. The molecule has 0 amide bonds. The molecule has 0 aromatic heterocycles. The maximum Gasteiger partial charge on any atom is 0.309 e. The summed E-state index contributed by atoms with van der Waals surface area (Å²) in [5.74, 6) is -0.0511. The zero-order chi connectivity index (χ0) is 10.2. The van der Waals surface area contributed by atoms with Crippen LogP contribution < -0.4 is 0 Å². The van der Waals surface area contributed by atoms with Crippen molar-refractivity contribution in [2.75, 3.05) is 0 Å². The van der Waals surface area contributed by atoms with Crippen molar-refractivity contribution >= 4 is 5.97 Å². The molecule has 1 saturated heterocycles. The molecule has 1 rings (SSSR count). The first kappa shape index (κ1) is 11.0. The topological polar surface area (TPSA) is 26.3 Å². The third-order valence-electron chi connectivity index (χ3n) is 2.19. The first-order valence-electron chi connectivity index (χ1n) is 5.32. The normalized spacial score (nSPS) is 21.5. The fourth-order valence-corrected chi connectivity index (χ4v) is 1.36. The molecule has 0 radical (unpaired) electrons. The van der Waals surface area contributed by atoms with Gasteiger partial charge in [-0.25, -0.2) is 0 Å². The van der Waals surface area contributed by atoms with E-state index in [0.717, 1.165) is 25.7 Å². The summed E-state index contributed by atoms with van der Waals surface area (Å²) in [5.41, 5.74) is 0. The largest absolute Gasteiger partial charge is 0.462 e. The molecule has 0 spiro atoms. The third kappa shape index (κ3) is 4.26. The van der Waals surface area contributed by atoms with Crippen molar-refractivity contribution in [2.24, 2.45) is 0 Å². The SMILES string of the molecule is CCC=CCC=CCCC1CC(=O)O1. The molecule has 1 heterocycles. The van der Waals surface area contributed by atoms with E-state index in [9.17, 15) is 4.79 Å². The monoisotopic (exact) mass is 194 g/mol. The zero-order valence-corrected chi connectivity index (χ0v) is 8.74. The Kier molecular flexibility index (Phi) is 5.05. The van der Waals surface area contributed by atoms with Crippen LogP contribution in [0.15, 0.2) is 24.3 Å². The van der Waals surface area contributed by atoms with Crippen LogP contribution in [0.25, 0.3) is 0 Å². The van der Waals surface area contributed by atoms with Gasteiger partial charge in [0.05, 0.1) is 6.42 Å². The van der Waals surface area contributed by atoms with E-state index in [2.05, 4.69) is 31.2 Å². The Morgan fingerprint density at radius 2 is 2.07 bits per heavy atom. The highest BCUT2D eigenvalue weighted by Gasteiger charge is 2.26. The summed E-state index contributed by atoms with van der Waals surface area (Å²) in [5, 5.41) is 0. The average molecular weight is 194 g/mol. The summed E-state index contributed by atoms with van der Waals surface area (Å²) in [6.07, 6.45) is 13.6. The molecule has 0 saturated carbocycles. The summed E-state index contributed by atoms with van der Waals surface area (Å²) < 4.78 is 4.90. The highest BCUT2D eigenvalue weighted by Crippen LogP contribution is 2.18. The van der Waals surface area contributed by atoms with Crippen LogP contribution in [0.3, 0.4) is 0 Å². The molecular formula is C12H18O2. The molecule has 78 valence electrons. The summed E-state index contributed by atoms with van der Waals surface area (Å²) in [6, 6.07) is 0. The number of hydrogen-bond donors (Lipinski definition) is 0. The maximum atomic E-state index is 10.5. The zero-order valence-electron chi connectivity index (χ0n) is 8.74. The first-order chi connectivity index (χ1) is 6.83.